The molecule has 0 bridgehead atoms. The van der Waals surface area contributed by atoms with Crippen LogP contribution in [0.1, 0.15) is 57.6 Å². The first-order chi connectivity index (χ1) is 18.4. The van der Waals surface area contributed by atoms with Crippen molar-refractivity contribution in [3.63, 3.8) is 0 Å². The number of rotatable bonds is 7. The standard InChI is InChI=1S/C28H29FN6O2S/c1-18-16-19(2)35(33-18)26-23(4-3-13-30-26)31-27(37)24-17-38-28(32-24)21-11-14-34(15-12-21)25(36)10-7-20-5-8-22(29)9-6-20/h3-6,8-9,13,16-17,21H,7,10-12,14-15H2,1-2H3,(H,31,37). The van der Waals surface area contributed by atoms with Crippen LogP contribution in [0.15, 0.2) is 54.0 Å². The molecule has 0 saturated carbocycles. The van der Waals surface area contributed by atoms with Crippen LogP contribution in [0, 0.1) is 19.7 Å². The first kappa shape index (κ1) is 25.7. The van der Waals surface area contributed by atoms with Gasteiger partial charge in [-0.1, -0.05) is 12.1 Å². The van der Waals surface area contributed by atoms with Gasteiger partial charge in [-0.25, -0.2) is 19.0 Å². The molecular weight excluding hydrogens is 503 g/mol. The lowest BCUT2D eigenvalue weighted by Crippen LogP contribution is -2.38. The third-order valence-electron chi connectivity index (χ3n) is 6.74. The van der Waals surface area contributed by atoms with Crippen LogP contribution in [0.5, 0.6) is 0 Å². The van der Waals surface area contributed by atoms with Gasteiger partial charge in [-0.05, 0) is 69.0 Å². The Morgan fingerprint density at radius 1 is 1.13 bits per heavy atom. The Kier molecular flexibility index (Phi) is 7.59. The number of piperidine rings is 1. The van der Waals surface area contributed by atoms with E-state index in [2.05, 4.69) is 20.4 Å². The highest BCUT2D eigenvalue weighted by Gasteiger charge is 2.26. The van der Waals surface area contributed by atoms with E-state index in [0.717, 1.165) is 34.8 Å². The second-order valence-corrected chi connectivity index (χ2v) is 10.4. The number of halogens is 1. The third kappa shape index (κ3) is 5.80. The molecule has 8 nitrogen and oxygen atoms in total. The number of nitrogens with one attached hydrogen (secondary N) is 1. The number of aromatic nitrogens is 4. The fourth-order valence-corrected chi connectivity index (χ4v) is 5.68. The van der Waals surface area contributed by atoms with Crippen LogP contribution in [0.25, 0.3) is 5.82 Å². The van der Waals surface area contributed by atoms with Gasteiger partial charge in [0.1, 0.15) is 11.5 Å². The summed E-state index contributed by atoms with van der Waals surface area (Å²) in [6.45, 7) is 5.18. The monoisotopic (exact) mass is 532 g/mol. The number of anilines is 1. The largest absolute Gasteiger partial charge is 0.343 e. The summed E-state index contributed by atoms with van der Waals surface area (Å²) in [4.78, 5) is 36.7. The van der Waals surface area contributed by atoms with Crippen LogP contribution < -0.4 is 5.32 Å². The van der Waals surface area contributed by atoms with Crippen molar-refractivity contribution in [1.29, 1.82) is 0 Å². The van der Waals surface area contributed by atoms with E-state index in [0.29, 0.717) is 43.1 Å². The topological polar surface area (TPSA) is 93.0 Å². The van der Waals surface area contributed by atoms with Crippen LogP contribution in [-0.4, -0.2) is 49.6 Å². The van der Waals surface area contributed by atoms with E-state index in [1.165, 1.54) is 23.5 Å². The van der Waals surface area contributed by atoms with E-state index < -0.39 is 0 Å². The first-order valence-corrected chi connectivity index (χ1v) is 13.5. The van der Waals surface area contributed by atoms with Crippen molar-refractivity contribution in [3.05, 3.63) is 87.5 Å². The molecule has 0 spiro atoms. The molecule has 3 aromatic heterocycles. The Morgan fingerprint density at radius 2 is 1.89 bits per heavy atom. The molecule has 1 aromatic carbocycles. The molecule has 196 valence electrons. The molecular formula is C28H29FN6O2S. The number of carbonyl (C=O) groups is 2. The van der Waals surface area contributed by atoms with Gasteiger partial charge in [0.2, 0.25) is 5.91 Å². The molecule has 0 radical (unpaired) electrons. The second kappa shape index (κ2) is 11.2. The Hall–Kier alpha value is -3.92. The summed E-state index contributed by atoms with van der Waals surface area (Å²) in [5.41, 5.74) is 3.68. The number of nitrogens with zero attached hydrogens (tertiary/aromatic N) is 5. The lowest BCUT2D eigenvalue weighted by molar-refractivity contribution is -0.132. The van der Waals surface area contributed by atoms with E-state index in [1.54, 1.807) is 40.5 Å². The van der Waals surface area contributed by atoms with Crippen molar-refractivity contribution in [1.82, 2.24) is 24.6 Å². The van der Waals surface area contributed by atoms with Gasteiger partial charge < -0.3 is 10.2 Å². The van der Waals surface area contributed by atoms with Crippen molar-refractivity contribution in [2.24, 2.45) is 0 Å². The van der Waals surface area contributed by atoms with Gasteiger partial charge in [-0.2, -0.15) is 5.10 Å². The van der Waals surface area contributed by atoms with Crippen molar-refractivity contribution in [2.45, 2.75) is 45.4 Å². The minimum atomic E-state index is -0.295. The number of aryl methyl sites for hydroxylation is 3. The minimum Gasteiger partial charge on any atom is -0.343 e. The Bertz CT molecular complexity index is 1440. The van der Waals surface area contributed by atoms with Crippen LogP contribution >= 0.6 is 11.3 Å². The van der Waals surface area contributed by atoms with E-state index in [-0.39, 0.29) is 23.5 Å². The quantitative estimate of drug-likeness (QED) is 0.359. The van der Waals surface area contributed by atoms with Gasteiger partial charge in [-0.15, -0.1) is 11.3 Å². The van der Waals surface area contributed by atoms with Crippen molar-refractivity contribution in [3.8, 4) is 5.82 Å². The van der Waals surface area contributed by atoms with Gasteiger partial charge in [0, 0.05) is 42.7 Å². The third-order valence-corrected chi connectivity index (χ3v) is 7.74. The second-order valence-electron chi connectivity index (χ2n) is 9.52. The fraction of sp³-hybridized carbons (Fsp3) is 0.321. The molecule has 38 heavy (non-hydrogen) atoms. The SMILES string of the molecule is Cc1cc(C)n(-c2ncccc2NC(=O)c2csc(C3CCN(C(=O)CCc4ccc(F)cc4)CC3)n2)n1. The summed E-state index contributed by atoms with van der Waals surface area (Å²) in [6, 6.07) is 11.8. The number of hydrogen-bond donors (Lipinski definition) is 1. The molecule has 0 unspecified atom stereocenters. The Balaban J connectivity index is 1.17. The van der Waals surface area contributed by atoms with Crippen LogP contribution in [0.3, 0.4) is 0 Å². The number of likely N-dealkylation sites (tertiary alicyclic amines) is 1. The van der Waals surface area contributed by atoms with E-state index in [9.17, 15) is 14.0 Å². The summed E-state index contributed by atoms with van der Waals surface area (Å²) in [5, 5.41) is 10.1. The zero-order valence-electron chi connectivity index (χ0n) is 21.4. The molecule has 1 saturated heterocycles. The summed E-state index contributed by atoms with van der Waals surface area (Å²) < 4.78 is 14.8. The maximum absolute atomic E-state index is 13.1. The smallest absolute Gasteiger partial charge is 0.275 e. The van der Waals surface area contributed by atoms with Crippen LogP contribution in [0.4, 0.5) is 10.1 Å². The average Bonchev–Trinajstić information content (AvgIpc) is 3.55. The molecule has 4 aromatic rings. The van der Waals surface area contributed by atoms with E-state index in [4.69, 9.17) is 0 Å². The highest BCUT2D eigenvalue weighted by molar-refractivity contribution is 7.10. The molecule has 4 heterocycles. The predicted molar refractivity (Wildman–Crippen MR) is 144 cm³/mol. The minimum absolute atomic E-state index is 0.113. The van der Waals surface area contributed by atoms with Crippen LogP contribution in [0.2, 0.25) is 0 Å². The number of carbonyl (C=O) groups excluding carboxylic acids is 2. The zero-order valence-corrected chi connectivity index (χ0v) is 22.2. The highest BCUT2D eigenvalue weighted by Crippen LogP contribution is 2.31. The summed E-state index contributed by atoms with van der Waals surface area (Å²) in [7, 11) is 0. The van der Waals surface area contributed by atoms with Crippen LogP contribution in [-0.2, 0) is 11.2 Å². The Morgan fingerprint density at radius 3 is 2.61 bits per heavy atom. The molecule has 10 heteroatoms. The van der Waals surface area contributed by atoms with Gasteiger partial charge in [-0.3, -0.25) is 9.59 Å². The average molecular weight is 533 g/mol. The number of benzene rings is 1. The number of amides is 2. The summed E-state index contributed by atoms with van der Waals surface area (Å²) in [5.74, 6) is 0.314. The maximum atomic E-state index is 13.1. The maximum Gasteiger partial charge on any atom is 0.275 e. The molecule has 1 aliphatic heterocycles. The van der Waals surface area contributed by atoms with E-state index in [1.807, 2.05) is 24.8 Å². The van der Waals surface area contributed by atoms with Gasteiger partial charge in [0.05, 0.1) is 16.4 Å². The predicted octanol–water partition coefficient (Wildman–Crippen LogP) is 5.07. The van der Waals surface area contributed by atoms with Crippen molar-refractivity contribution < 1.29 is 14.0 Å². The highest BCUT2D eigenvalue weighted by atomic mass is 32.1. The van der Waals surface area contributed by atoms with Gasteiger partial charge in [0.15, 0.2) is 5.82 Å². The fourth-order valence-electron chi connectivity index (χ4n) is 4.71. The molecule has 1 aliphatic rings. The molecule has 1 N–H and O–H groups in total. The lowest BCUT2D eigenvalue weighted by atomic mass is 9.97. The molecule has 2 amide bonds. The molecule has 5 rings (SSSR count). The summed E-state index contributed by atoms with van der Waals surface area (Å²) >= 11 is 1.48. The molecule has 0 atom stereocenters. The van der Waals surface area contributed by atoms with Crippen molar-refractivity contribution in [2.75, 3.05) is 18.4 Å². The summed E-state index contributed by atoms with van der Waals surface area (Å²) in [6.07, 6.45) is 4.29. The lowest BCUT2D eigenvalue weighted by Gasteiger charge is -2.31. The van der Waals surface area contributed by atoms with Crippen molar-refractivity contribution >= 4 is 28.8 Å². The molecule has 1 fully saturated rings. The zero-order chi connectivity index (χ0) is 26.6. The molecule has 0 aliphatic carbocycles. The number of hydrogen-bond acceptors (Lipinski definition) is 6. The first-order valence-electron chi connectivity index (χ1n) is 12.6. The van der Waals surface area contributed by atoms with Gasteiger partial charge >= 0.3 is 0 Å². The van der Waals surface area contributed by atoms with Gasteiger partial charge in [0.25, 0.3) is 5.91 Å². The number of thiazole rings is 1. The Labute approximate surface area is 224 Å². The normalized spacial score (nSPS) is 14.0. The number of pyridine rings is 1. The van der Waals surface area contributed by atoms with E-state index >= 15 is 0 Å².